The molecule has 0 saturated carbocycles. The summed E-state index contributed by atoms with van der Waals surface area (Å²) in [5.41, 5.74) is 3.15. The highest BCUT2D eigenvalue weighted by Crippen LogP contribution is 2.33. The van der Waals surface area contributed by atoms with Crippen LogP contribution in [-0.2, 0) is 32.0 Å². The van der Waals surface area contributed by atoms with Crippen LogP contribution < -0.4 is 5.32 Å². The highest BCUT2D eigenvalue weighted by Gasteiger charge is 2.35. The van der Waals surface area contributed by atoms with Gasteiger partial charge in [0.1, 0.15) is 11.6 Å². The van der Waals surface area contributed by atoms with Crippen LogP contribution in [0.25, 0.3) is 10.9 Å². The van der Waals surface area contributed by atoms with Gasteiger partial charge in [-0.05, 0) is 50.8 Å². The van der Waals surface area contributed by atoms with E-state index in [-0.39, 0.29) is 13.0 Å². The molecule has 1 atom stereocenters. The number of carbonyl (C=O) groups is 3. The second-order valence-corrected chi connectivity index (χ2v) is 10.1. The zero-order valence-electron chi connectivity index (χ0n) is 21.7. The summed E-state index contributed by atoms with van der Waals surface area (Å²) in [7, 11) is 1.30. The standard InChI is InChI=1S/C29H33N3O5/c1-29(2,3)37-28(35)32(18-19-10-6-5-7-11-19)25-15-14-22(25)26(33)31-24(27(34)36-4)16-20-17-30-23-13-9-8-12-21(20)23/h5-13,17,24,30H,14-16,18H2,1-4H3,(H,31,33)/t24-/m0/s1. The minimum atomic E-state index is -0.879. The third-order valence-corrected chi connectivity index (χ3v) is 6.25. The monoisotopic (exact) mass is 503 g/mol. The molecule has 2 aromatic carbocycles. The smallest absolute Gasteiger partial charge is 0.414 e. The molecule has 1 aliphatic rings. The number of hydrogen-bond donors (Lipinski definition) is 2. The predicted molar refractivity (Wildman–Crippen MR) is 140 cm³/mol. The largest absolute Gasteiger partial charge is 0.467 e. The number of H-pyrrole nitrogens is 1. The Balaban J connectivity index is 1.57. The highest BCUT2D eigenvalue weighted by molar-refractivity contribution is 5.99. The van der Waals surface area contributed by atoms with Crippen LogP contribution in [0.4, 0.5) is 4.79 Å². The molecule has 1 aliphatic carbocycles. The molecule has 2 amide bonds. The second kappa shape index (κ2) is 10.9. The second-order valence-electron chi connectivity index (χ2n) is 10.1. The summed E-state index contributed by atoms with van der Waals surface area (Å²) in [5.74, 6) is -0.925. The lowest BCUT2D eigenvalue weighted by Crippen LogP contribution is -2.46. The van der Waals surface area contributed by atoms with Crippen molar-refractivity contribution in [3.05, 3.63) is 83.2 Å². The van der Waals surface area contributed by atoms with Gasteiger partial charge in [-0.15, -0.1) is 0 Å². The van der Waals surface area contributed by atoms with Crippen molar-refractivity contribution in [2.45, 2.75) is 58.2 Å². The molecule has 0 radical (unpaired) electrons. The van der Waals surface area contributed by atoms with Gasteiger partial charge in [-0.1, -0.05) is 48.5 Å². The number of nitrogens with one attached hydrogen (secondary N) is 2. The Morgan fingerprint density at radius 3 is 2.38 bits per heavy atom. The van der Waals surface area contributed by atoms with Gasteiger partial charge in [-0.2, -0.15) is 0 Å². The number of carbonyl (C=O) groups excluding carboxylic acids is 3. The van der Waals surface area contributed by atoms with Gasteiger partial charge in [-0.25, -0.2) is 9.59 Å². The number of fused-ring (bicyclic) bond motifs is 1. The molecule has 3 aromatic rings. The lowest BCUT2D eigenvalue weighted by molar-refractivity contribution is -0.144. The van der Waals surface area contributed by atoms with E-state index in [1.54, 1.807) is 20.8 Å². The van der Waals surface area contributed by atoms with Gasteiger partial charge in [0.15, 0.2) is 0 Å². The summed E-state index contributed by atoms with van der Waals surface area (Å²) in [6, 6.07) is 16.4. The van der Waals surface area contributed by atoms with Gasteiger partial charge in [0, 0.05) is 34.8 Å². The SMILES string of the molecule is COC(=O)[C@H](Cc1c[nH]c2ccccc12)NC(=O)C1=C(N(Cc2ccccc2)C(=O)OC(C)(C)C)CC1. The van der Waals surface area contributed by atoms with Crippen molar-refractivity contribution in [2.24, 2.45) is 0 Å². The number of ether oxygens (including phenoxy) is 2. The fraction of sp³-hybridized carbons (Fsp3) is 0.345. The maximum absolute atomic E-state index is 13.4. The zero-order chi connectivity index (χ0) is 26.6. The van der Waals surface area contributed by atoms with Crippen LogP contribution in [0, 0.1) is 0 Å². The van der Waals surface area contributed by atoms with Crippen LogP contribution in [0.5, 0.6) is 0 Å². The van der Waals surface area contributed by atoms with Gasteiger partial charge < -0.3 is 19.8 Å². The van der Waals surface area contributed by atoms with Crippen LogP contribution in [0.15, 0.2) is 72.1 Å². The number of hydrogen-bond acceptors (Lipinski definition) is 5. The molecular formula is C29H33N3O5. The molecule has 194 valence electrons. The number of nitrogens with zero attached hydrogens (tertiary/aromatic N) is 1. The summed E-state index contributed by atoms with van der Waals surface area (Å²) >= 11 is 0. The fourth-order valence-corrected chi connectivity index (χ4v) is 4.36. The number of rotatable bonds is 8. The Bertz CT molecular complexity index is 1320. The summed E-state index contributed by atoms with van der Waals surface area (Å²) in [5, 5.41) is 3.82. The Morgan fingerprint density at radius 1 is 1.03 bits per heavy atom. The zero-order valence-corrected chi connectivity index (χ0v) is 21.7. The van der Waals surface area contributed by atoms with Gasteiger partial charge in [0.2, 0.25) is 5.91 Å². The van der Waals surface area contributed by atoms with Crippen molar-refractivity contribution in [1.82, 2.24) is 15.2 Å². The average molecular weight is 504 g/mol. The van der Waals surface area contributed by atoms with Gasteiger partial charge in [0.05, 0.1) is 13.7 Å². The first-order chi connectivity index (χ1) is 17.7. The number of aromatic nitrogens is 1. The summed E-state index contributed by atoms with van der Waals surface area (Å²) in [6.45, 7) is 5.69. The molecule has 4 rings (SSSR count). The molecule has 0 fully saturated rings. The maximum Gasteiger partial charge on any atom is 0.414 e. The minimum Gasteiger partial charge on any atom is -0.467 e. The highest BCUT2D eigenvalue weighted by atomic mass is 16.6. The normalized spacial score (nSPS) is 14.1. The van der Waals surface area contributed by atoms with E-state index in [9.17, 15) is 14.4 Å². The lowest BCUT2D eigenvalue weighted by Gasteiger charge is -2.35. The Kier molecular flexibility index (Phi) is 7.66. The first kappa shape index (κ1) is 26.0. The first-order valence-corrected chi connectivity index (χ1v) is 12.4. The molecule has 2 N–H and O–H groups in total. The molecule has 0 spiro atoms. The van der Waals surface area contributed by atoms with E-state index in [1.165, 1.54) is 12.0 Å². The average Bonchev–Trinajstić information content (AvgIpc) is 3.24. The number of methoxy groups -OCH3 is 1. The van der Waals surface area contributed by atoms with Crippen LogP contribution in [0.1, 0.15) is 44.7 Å². The molecule has 1 heterocycles. The molecule has 0 bridgehead atoms. The number of esters is 1. The predicted octanol–water partition coefficient (Wildman–Crippen LogP) is 4.85. The van der Waals surface area contributed by atoms with Crippen LogP contribution in [0.2, 0.25) is 0 Å². The number of aromatic amines is 1. The summed E-state index contributed by atoms with van der Waals surface area (Å²) < 4.78 is 10.6. The Morgan fingerprint density at radius 2 is 1.73 bits per heavy atom. The number of para-hydroxylation sites is 1. The molecule has 0 aliphatic heterocycles. The third kappa shape index (κ3) is 6.20. The van der Waals surface area contributed by atoms with Gasteiger partial charge in [0.25, 0.3) is 0 Å². The van der Waals surface area contributed by atoms with Crippen LogP contribution in [-0.4, -0.2) is 46.6 Å². The van der Waals surface area contributed by atoms with E-state index < -0.39 is 29.6 Å². The van der Waals surface area contributed by atoms with E-state index in [2.05, 4.69) is 10.3 Å². The van der Waals surface area contributed by atoms with E-state index in [1.807, 2.05) is 60.8 Å². The molecule has 0 saturated heterocycles. The molecular weight excluding hydrogens is 470 g/mol. The number of allylic oxidation sites excluding steroid dienone is 1. The van der Waals surface area contributed by atoms with Crippen LogP contribution >= 0.6 is 0 Å². The Hall–Kier alpha value is -4.07. The van der Waals surface area contributed by atoms with Crippen molar-refractivity contribution in [3.8, 4) is 0 Å². The van der Waals surface area contributed by atoms with E-state index in [0.717, 1.165) is 22.0 Å². The molecule has 0 unspecified atom stereocenters. The van der Waals surface area contributed by atoms with Crippen molar-refractivity contribution in [1.29, 1.82) is 0 Å². The Labute approximate surface area is 216 Å². The van der Waals surface area contributed by atoms with Crippen molar-refractivity contribution in [3.63, 3.8) is 0 Å². The fourth-order valence-electron chi connectivity index (χ4n) is 4.36. The number of amides is 2. The van der Waals surface area contributed by atoms with E-state index in [0.29, 0.717) is 24.1 Å². The summed E-state index contributed by atoms with van der Waals surface area (Å²) in [6.07, 6.45) is 2.64. The first-order valence-electron chi connectivity index (χ1n) is 12.4. The summed E-state index contributed by atoms with van der Waals surface area (Å²) in [4.78, 5) is 43.8. The topological polar surface area (TPSA) is 101 Å². The minimum absolute atomic E-state index is 0.269. The lowest BCUT2D eigenvalue weighted by atomic mass is 9.91. The third-order valence-electron chi connectivity index (χ3n) is 6.25. The molecule has 8 nitrogen and oxygen atoms in total. The van der Waals surface area contributed by atoms with Crippen molar-refractivity contribution in [2.75, 3.05) is 7.11 Å². The molecule has 8 heteroatoms. The number of benzene rings is 2. The van der Waals surface area contributed by atoms with E-state index >= 15 is 0 Å². The van der Waals surface area contributed by atoms with Gasteiger partial charge in [-0.3, -0.25) is 9.69 Å². The van der Waals surface area contributed by atoms with Gasteiger partial charge >= 0.3 is 12.1 Å². The molecule has 1 aromatic heterocycles. The van der Waals surface area contributed by atoms with Crippen molar-refractivity contribution >= 4 is 28.9 Å². The van der Waals surface area contributed by atoms with E-state index in [4.69, 9.17) is 9.47 Å². The van der Waals surface area contributed by atoms with Crippen LogP contribution in [0.3, 0.4) is 0 Å². The van der Waals surface area contributed by atoms with Crippen molar-refractivity contribution < 1.29 is 23.9 Å². The molecule has 37 heavy (non-hydrogen) atoms. The quantitative estimate of drug-likeness (QED) is 0.428. The maximum atomic E-state index is 13.4.